The van der Waals surface area contributed by atoms with Crippen LogP contribution in [-0.4, -0.2) is 36.1 Å². The normalized spacial score (nSPS) is 16.6. The molecule has 1 aliphatic carbocycles. The Bertz CT molecular complexity index is 429. The Labute approximate surface area is 122 Å². The molecule has 0 saturated heterocycles. The zero-order valence-electron chi connectivity index (χ0n) is 13.1. The molecule has 4 heteroatoms. The summed E-state index contributed by atoms with van der Waals surface area (Å²) >= 11 is 0. The fraction of sp³-hybridized carbons (Fsp3) is 0.688. The number of nitrogens with one attached hydrogen (secondary N) is 1. The zero-order valence-corrected chi connectivity index (χ0v) is 13.1. The lowest BCUT2D eigenvalue weighted by Crippen LogP contribution is -2.39. The second-order valence-electron chi connectivity index (χ2n) is 5.88. The Morgan fingerprint density at radius 1 is 1.45 bits per heavy atom. The third-order valence-electron chi connectivity index (χ3n) is 4.33. The first kappa shape index (κ1) is 14.9. The van der Waals surface area contributed by atoms with Crippen molar-refractivity contribution in [2.45, 2.75) is 38.6 Å². The van der Waals surface area contributed by atoms with Crippen LogP contribution in [0.25, 0.3) is 0 Å². The van der Waals surface area contributed by atoms with E-state index in [-0.39, 0.29) is 0 Å². The van der Waals surface area contributed by atoms with Crippen molar-refractivity contribution in [3.63, 3.8) is 0 Å². The average molecular weight is 276 g/mol. The SMILES string of the molecule is CN=C(NCCC1CCCC1)N(C)Cc1cccn1C. The first-order valence-corrected chi connectivity index (χ1v) is 7.72. The minimum absolute atomic E-state index is 0.882. The molecule has 0 aliphatic heterocycles. The Morgan fingerprint density at radius 2 is 2.20 bits per heavy atom. The zero-order chi connectivity index (χ0) is 14.4. The predicted molar refractivity (Wildman–Crippen MR) is 84.8 cm³/mol. The molecule has 0 unspecified atom stereocenters. The molecule has 1 aromatic heterocycles. The highest BCUT2D eigenvalue weighted by molar-refractivity contribution is 5.79. The van der Waals surface area contributed by atoms with E-state index in [4.69, 9.17) is 0 Å². The van der Waals surface area contributed by atoms with Gasteiger partial charge in [-0.25, -0.2) is 0 Å². The number of aromatic nitrogens is 1. The third-order valence-corrected chi connectivity index (χ3v) is 4.33. The fourth-order valence-electron chi connectivity index (χ4n) is 3.05. The number of hydrogen-bond donors (Lipinski definition) is 1. The molecule has 0 aromatic carbocycles. The molecule has 1 aliphatic rings. The summed E-state index contributed by atoms with van der Waals surface area (Å²) in [6, 6.07) is 4.24. The molecule has 1 saturated carbocycles. The molecule has 20 heavy (non-hydrogen) atoms. The van der Waals surface area contributed by atoms with Gasteiger partial charge in [0.25, 0.3) is 0 Å². The second-order valence-corrected chi connectivity index (χ2v) is 5.88. The number of rotatable bonds is 5. The summed E-state index contributed by atoms with van der Waals surface area (Å²) in [6.45, 7) is 1.92. The van der Waals surface area contributed by atoms with Gasteiger partial charge >= 0.3 is 0 Å². The minimum Gasteiger partial charge on any atom is -0.356 e. The van der Waals surface area contributed by atoms with Crippen LogP contribution in [0.3, 0.4) is 0 Å². The van der Waals surface area contributed by atoms with E-state index in [1.54, 1.807) is 0 Å². The van der Waals surface area contributed by atoms with Crippen molar-refractivity contribution in [1.82, 2.24) is 14.8 Å². The van der Waals surface area contributed by atoms with Crippen LogP contribution >= 0.6 is 0 Å². The molecule has 4 nitrogen and oxygen atoms in total. The van der Waals surface area contributed by atoms with Crippen LogP contribution in [0.15, 0.2) is 23.3 Å². The maximum atomic E-state index is 4.38. The van der Waals surface area contributed by atoms with Gasteiger partial charge < -0.3 is 14.8 Å². The van der Waals surface area contributed by atoms with Crippen molar-refractivity contribution >= 4 is 5.96 Å². The van der Waals surface area contributed by atoms with E-state index in [2.05, 4.69) is 52.2 Å². The first-order valence-electron chi connectivity index (χ1n) is 7.72. The quantitative estimate of drug-likeness (QED) is 0.662. The lowest BCUT2D eigenvalue weighted by molar-refractivity contribution is 0.447. The van der Waals surface area contributed by atoms with E-state index in [9.17, 15) is 0 Å². The van der Waals surface area contributed by atoms with Gasteiger partial charge in [-0.15, -0.1) is 0 Å². The van der Waals surface area contributed by atoms with E-state index in [1.165, 1.54) is 37.8 Å². The highest BCUT2D eigenvalue weighted by Gasteiger charge is 2.15. The summed E-state index contributed by atoms with van der Waals surface area (Å²) in [4.78, 5) is 6.57. The Hall–Kier alpha value is -1.45. The van der Waals surface area contributed by atoms with Crippen LogP contribution in [0.2, 0.25) is 0 Å². The number of nitrogens with zero attached hydrogens (tertiary/aromatic N) is 3. The van der Waals surface area contributed by atoms with Gasteiger partial charge in [0.2, 0.25) is 0 Å². The summed E-state index contributed by atoms with van der Waals surface area (Å²) in [7, 11) is 6.04. The minimum atomic E-state index is 0.882. The van der Waals surface area contributed by atoms with Gasteiger partial charge in [-0.1, -0.05) is 25.7 Å². The fourth-order valence-corrected chi connectivity index (χ4v) is 3.05. The van der Waals surface area contributed by atoms with Gasteiger partial charge in [0.15, 0.2) is 5.96 Å². The smallest absolute Gasteiger partial charge is 0.193 e. The largest absolute Gasteiger partial charge is 0.356 e. The highest BCUT2D eigenvalue weighted by atomic mass is 15.3. The summed E-state index contributed by atoms with van der Waals surface area (Å²) in [6.07, 6.45) is 9.04. The molecule has 1 N–H and O–H groups in total. The molecule has 0 radical (unpaired) electrons. The molecule has 1 aromatic rings. The molecule has 0 atom stereocenters. The van der Waals surface area contributed by atoms with Crippen molar-refractivity contribution < 1.29 is 0 Å². The molecular weight excluding hydrogens is 248 g/mol. The molecular formula is C16H28N4. The third kappa shape index (κ3) is 4.02. The van der Waals surface area contributed by atoms with Gasteiger partial charge in [0.05, 0.1) is 6.54 Å². The molecule has 1 fully saturated rings. The van der Waals surface area contributed by atoms with E-state index in [0.29, 0.717) is 0 Å². The van der Waals surface area contributed by atoms with Crippen LogP contribution in [0.1, 0.15) is 37.8 Å². The van der Waals surface area contributed by atoms with Gasteiger partial charge in [-0.2, -0.15) is 0 Å². The van der Waals surface area contributed by atoms with Crippen molar-refractivity contribution in [2.24, 2.45) is 18.0 Å². The van der Waals surface area contributed by atoms with E-state index in [1.807, 2.05) is 7.05 Å². The topological polar surface area (TPSA) is 32.6 Å². The maximum Gasteiger partial charge on any atom is 0.193 e. The van der Waals surface area contributed by atoms with E-state index in [0.717, 1.165) is 25.0 Å². The Kier molecular flexibility index (Phi) is 5.50. The Morgan fingerprint density at radius 3 is 2.80 bits per heavy atom. The van der Waals surface area contributed by atoms with Gasteiger partial charge in [0.1, 0.15) is 0 Å². The first-order chi connectivity index (χ1) is 9.70. The summed E-state index contributed by atoms with van der Waals surface area (Å²) in [5.74, 6) is 1.92. The Balaban J connectivity index is 1.77. The van der Waals surface area contributed by atoms with Crippen molar-refractivity contribution in [3.05, 3.63) is 24.0 Å². The maximum absolute atomic E-state index is 4.38. The lowest BCUT2D eigenvalue weighted by Gasteiger charge is -2.23. The molecule has 2 rings (SSSR count). The number of aryl methyl sites for hydroxylation is 1. The van der Waals surface area contributed by atoms with Crippen LogP contribution in [0, 0.1) is 5.92 Å². The summed E-state index contributed by atoms with van der Waals surface area (Å²) < 4.78 is 2.16. The molecule has 0 amide bonds. The predicted octanol–water partition coefficient (Wildman–Crippen LogP) is 2.61. The number of guanidine groups is 1. The van der Waals surface area contributed by atoms with Gasteiger partial charge in [-0.3, -0.25) is 4.99 Å². The standard InChI is InChI=1S/C16H28N4/c1-17-16(18-11-10-14-7-4-5-8-14)20(3)13-15-9-6-12-19(15)2/h6,9,12,14H,4-5,7-8,10-11,13H2,1-3H3,(H,17,18). The molecule has 0 spiro atoms. The number of hydrogen-bond acceptors (Lipinski definition) is 1. The van der Waals surface area contributed by atoms with Crippen molar-refractivity contribution in [1.29, 1.82) is 0 Å². The average Bonchev–Trinajstić information content (AvgIpc) is 3.07. The van der Waals surface area contributed by atoms with Crippen LogP contribution in [0.5, 0.6) is 0 Å². The van der Waals surface area contributed by atoms with Crippen molar-refractivity contribution in [2.75, 3.05) is 20.6 Å². The molecule has 0 bridgehead atoms. The van der Waals surface area contributed by atoms with Gasteiger partial charge in [-0.05, 0) is 24.5 Å². The summed E-state index contributed by atoms with van der Waals surface area (Å²) in [5, 5.41) is 3.49. The lowest BCUT2D eigenvalue weighted by atomic mass is 10.0. The highest BCUT2D eigenvalue weighted by Crippen LogP contribution is 2.26. The molecule has 112 valence electrons. The van der Waals surface area contributed by atoms with E-state index < -0.39 is 0 Å². The van der Waals surface area contributed by atoms with Crippen LogP contribution < -0.4 is 5.32 Å². The molecule has 1 heterocycles. The van der Waals surface area contributed by atoms with Gasteiger partial charge in [0, 0.05) is 39.6 Å². The number of aliphatic imine (C=N–C) groups is 1. The van der Waals surface area contributed by atoms with Crippen molar-refractivity contribution in [3.8, 4) is 0 Å². The van der Waals surface area contributed by atoms with E-state index >= 15 is 0 Å². The monoisotopic (exact) mass is 276 g/mol. The summed E-state index contributed by atoms with van der Waals surface area (Å²) in [5.41, 5.74) is 1.30. The van der Waals surface area contributed by atoms with Crippen LogP contribution in [-0.2, 0) is 13.6 Å². The second kappa shape index (κ2) is 7.36. The van der Waals surface area contributed by atoms with Crippen LogP contribution in [0.4, 0.5) is 0 Å².